The van der Waals surface area contributed by atoms with Crippen LogP contribution >= 0.6 is 0 Å². The maximum atomic E-state index is 14.4. The minimum Gasteiger partial charge on any atom is -0.381 e. The van der Waals surface area contributed by atoms with E-state index in [-0.39, 0.29) is 17.7 Å². The van der Waals surface area contributed by atoms with Gasteiger partial charge in [-0.2, -0.15) is 5.10 Å². The molecule has 2 atom stereocenters. The SMILES string of the molecule is CC(n1ccccc1=O)C(O)(Cn1cncn1)c1ccc(F)cc1F. The largest absolute Gasteiger partial charge is 0.381 e. The first kappa shape index (κ1) is 17.0. The molecule has 8 heteroatoms. The van der Waals surface area contributed by atoms with Crippen molar-refractivity contribution in [2.75, 3.05) is 0 Å². The molecule has 0 fully saturated rings. The van der Waals surface area contributed by atoms with E-state index >= 15 is 0 Å². The van der Waals surface area contributed by atoms with Crippen molar-refractivity contribution in [3.8, 4) is 0 Å². The molecule has 3 aromatic rings. The lowest BCUT2D eigenvalue weighted by Gasteiger charge is -2.35. The smallest absolute Gasteiger partial charge is 0.250 e. The minimum atomic E-state index is -1.86. The van der Waals surface area contributed by atoms with Gasteiger partial charge in [0.05, 0.1) is 12.6 Å². The van der Waals surface area contributed by atoms with Gasteiger partial charge in [0.15, 0.2) is 0 Å². The molecule has 0 aliphatic rings. The van der Waals surface area contributed by atoms with Gasteiger partial charge in [0, 0.05) is 23.9 Å². The highest BCUT2D eigenvalue weighted by Crippen LogP contribution is 2.35. The Kier molecular flexibility index (Phi) is 4.45. The van der Waals surface area contributed by atoms with Crippen LogP contribution < -0.4 is 5.56 Å². The topological polar surface area (TPSA) is 72.9 Å². The molecule has 0 bridgehead atoms. The molecule has 130 valence electrons. The molecule has 2 aromatic heterocycles. The molecule has 0 radical (unpaired) electrons. The predicted octanol–water partition coefficient (Wildman–Crippen LogP) is 1.87. The Morgan fingerprint density at radius 1 is 1.28 bits per heavy atom. The molecule has 1 aromatic carbocycles. The van der Waals surface area contributed by atoms with Crippen molar-refractivity contribution >= 4 is 0 Å². The van der Waals surface area contributed by atoms with Gasteiger partial charge < -0.3 is 9.67 Å². The van der Waals surface area contributed by atoms with Crippen molar-refractivity contribution in [1.82, 2.24) is 19.3 Å². The van der Waals surface area contributed by atoms with Gasteiger partial charge in [-0.1, -0.05) is 12.1 Å². The zero-order chi connectivity index (χ0) is 18.0. The molecule has 0 aliphatic carbocycles. The number of aliphatic hydroxyl groups is 1. The summed E-state index contributed by atoms with van der Waals surface area (Å²) in [5, 5.41) is 15.3. The first-order chi connectivity index (χ1) is 11.9. The third-order valence-corrected chi connectivity index (χ3v) is 4.23. The fraction of sp³-hybridized carbons (Fsp3) is 0.235. The summed E-state index contributed by atoms with van der Waals surface area (Å²) in [6.07, 6.45) is 4.15. The van der Waals surface area contributed by atoms with Crippen LogP contribution in [0.4, 0.5) is 8.78 Å². The Bertz CT molecular complexity index is 926. The highest BCUT2D eigenvalue weighted by Gasteiger charge is 2.40. The zero-order valence-corrected chi connectivity index (χ0v) is 13.4. The van der Waals surface area contributed by atoms with E-state index in [2.05, 4.69) is 10.1 Å². The van der Waals surface area contributed by atoms with Gasteiger partial charge in [-0.3, -0.25) is 4.79 Å². The van der Waals surface area contributed by atoms with Crippen molar-refractivity contribution in [2.45, 2.75) is 25.1 Å². The Labute approximate surface area is 142 Å². The number of halogens is 2. The number of hydrogen-bond donors (Lipinski definition) is 1. The number of rotatable bonds is 5. The van der Waals surface area contributed by atoms with Gasteiger partial charge in [-0.05, 0) is 19.1 Å². The molecule has 0 spiro atoms. The minimum absolute atomic E-state index is 0.132. The summed E-state index contributed by atoms with van der Waals surface area (Å²) in [6.45, 7) is 1.42. The van der Waals surface area contributed by atoms with Crippen LogP contribution in [0.3, 0.4) is 0 Å². The maximum Gasteiger partial charge on any atom is 0.250 e. The van der Waals surface area contributed by atoms with Gasteiger partial charge in [-0.15, -0.1) is 0 Å². The number of benzene rings is 1. The molecule has 1 N–H and O–H groups in total. The summed E-state index contributed by atoms with van der Waals surface area (Å²) in [6, 6.07) is 6.62. The van der Waals surface area contributed by atoms with E-state index in [1.807, 2.05) is 0 Å². The van der Waals surface area contributed by atoms with Gasteiger partial charge in [-0.25, -0.2) is 18.4 Å². The monoisotopic (exact) mass is 346 g/mol. The van der Waals surface area contributed by atoms with Crippen molar-refractivity contribution in [3.05, 3.63) is 82.8 Å². The highest BCUT2D eigenvalue weighted by atomic mass is 19.1. The van der Waals surface area contributed by atoms with Crippen molar-refractivity contribution in [1.29, 1.82) is 0 Å². The Morgan fingerprint density at radius 3 is 2.72 bits per heavy atom. The number of hydrogen-bond acceptors (Lipinski definition) is 4. The van der Waals surface area contributed by atoms with Gasteiger partial charge >= 0.3 is 0 Å². The first-order valence-electron chi connectivity index (χ1n) is 7.59. The molecule has 0 saturated carbocycles. The van der Waals surface area contributed by atoms with E-state index in [1.54, 1.807) is 19.1 Å². The number of pyridine rings is 1. The standard InChI is InChI=1S/C17H16F2N4O2/c1-12(23-7-3-2-4-16(23)24)17(25,9-22-11-20-10-21-22)14-6-5-13(18)8-15(14)19/h2-8,10-12,25H,9H2,1H3. The van der Waals surface area contributed by atoms with E-state index < -0.39 is 23.3 Å². The summed E-state index contributed by atoms with van der Waals surface area (Å²) < 4.78 is 30.3. The number of aromatic nitrogens is 4. The molecule has 0 saturated heterocycles. The Balaban J connectivity index is 2.14. The lowest BCUT2D eigenvalue weighted by atomic mass is 9.86. The average molecular weight is 346 g/mol. The van der Waals surface area contributed by atoms with Gasteiger partial charge in [0.1, 0.15) is 29.9 Å². The van der Waals surface area contributed by atoms with Crippen LogP contribution in [-0.2, 0) is 12.1 Å². The fourth-order valence-electron chi connectivity index (χ4n) is 2.83. The second-order valence-corrected chi connectivity index (χ2v) is 5.76. The molecular formula is C17H16F2N4O2. The lowest BCUT2D eigenvalue weighted by Crippen LogP contribution is -2.43. The molecule has 0 amide bonds. The summed E-state index contributed by atoms with van der Waals surface area (Å²) in [7, 11) is 0. The average Bonchev–Trinajstić information content (AvgIpc) is 3.07. The van der Waals surface area contributed by atoms with Gasteiger partial charge in [0.25, 0.3) is 5.56 Å². The highest BCUT2D eigenvalue weighted by molar-refractivity contribution is 5.26. The van der Waals surface area contributed by atoms with Crippen LogP contribution in [-0.4, -0.2) is 24.4 Å². The molecule has 6 nitrogen and oxygen atoms in total. The van der Waals surface area contributed by atoms with E-state index in [0.29, 0.717) is 6.07 Å². The molecule has 3 rings (SSSR count). The van der Waals surface area contributed by atoms with Gasteiger partial charge in [0.2, 0.25) is 0 Å². The Hall–Kier alpha value is -2.87. The van der Waals surface area contributed by atoms with Crippen molar-refractivity contribution in [3.63, 3.8) is 0 Å². The van der Waals surface area contributed by atoms with Crippen LogP contribution in [0, 0.1) is 11.6 Å². The molecule has 2 heterocycles. The summed E-state index contributed by atoms with van der Waals surface area (Å²) in [5.74, 6) is -1.66. The zero-order valence-electron chi connectivity index (χ0n) is 13.4. The van der Waals surface area contributed by atoms with Crippen LogP contribution in [0.25, 0.3) is 0 Å². The van der Waals surface area contributed by atoms with Crippen LogP contribution in [0.2, 0.25) is 0 Å². The van der Waals surface area contributed by atoms with Crippen LogP contribution in [0.1, 0.15) is 18.5 Å². The Morgan fingerprint density at radius 2 is 2.08 bits per heavy atom. The third kappa shape index (κ3) is 3.20. The third-order valence-electron chi connectivity index (χ3n) is 4.23. The summed E-state index contributed by atoms with van der Waals surface area (Å²) in [4.78, 5) is 15.9. The molecule has 0 aliphatic heterocycles. The molecule has 2 unspecified atom stereocenters. The predicted molar refractivity (Wildman–Crippen MR) is 85.7 cm³/mol. The quantitative estimate of drug-likeness (QED) is 0.765. The second-order valence-electron chi connectivity index (χ2n) is 5.76. The summed E-state index contributed by atoms with van der Waals surface area (Å²) >= 11 is 0. The van der Waals surface area contributed by atoms with E-state index in [9.17, 15) is 18.7 Å². The van der Waals surface area contributed by atoms with Crippen molar-refractivity contribution in [2.24, 2.45) is 0 Å². The fourth-order valence-corrected chi connectivity index (χ4v) is 2.83. The van der Waals surface area contributed by atoms with Crippen molar-refractivity contribution < 1.29 is 13.9 Å². The lowest BCUT2D eigenvalue weighted by molar-refractivity contribution is -0.0342. The van der Waals surface area contributed by atoms with E-state index in [0.717, 1.165) is 6.07 Å². The molecular weight excluding hydrogens is 330 g/mol. The first-order valence-corrected chi connectivity index (χ1v) is 7.59. The van der Waals surface area contributed by atoms with E-state index in [1.165, 1.54) is 40.2 Å². The second kappa shape index (κ2) is 6.56. The summed E-state index contributed by atoms with van der Waals surface area (Å²) in [5.41, 5.74) is -2.35. The molecule has 25 heavy (non-hydrogen) atoms. The normalized spacial score (nSPS) is 14.9. The van der Waals surface area contributed by atoms with Crippen LogP contribution in [0.15, 0.2) is 60.0 Å². The maximum absolute atomic E-state index is 14.4. The number of nitrogens with zero attached hydrogens (tertiary/aromatic N) is 4. The van der Waals surface area contributed by atoms with Crippen LogP contribution in [0.5, 0.6) is 0 Å². The van der Waals surface area contributed by atoms with E-state index in [4.69, 9.17) is 0 Å².